The molecule has 0 aromatic heterocycles. The van der Waals surface area contributed by atoms with E-state index >= 15 is 0 Å². The number of rotatable bonds is 7. The van der Waals surface area contributed by atoms with Crippen LogP contribution in [0.25, 0.3) is 0 Å². The van der Waals surface area contributed by atoms with Gasteiger partial charge in [-0.2, -0.15) is 0 Å². The lowest BCUT2D eigenvalue weighted by Gasteiger charge is -2.23. The van der Waals surface area contributed by atoms with E-state index in [9.17, 15) is 9.59 Å². The predicted molar refractivity (Wildman–Crippen MR) is 116 cm³/mol. The minimum atomic E-state index is -0.566. The maximum absolute atomic E-state index is 12.9. The van der Waals surface area contributed by atoms with Crippen LogP contribution in [0.3, 0.4) is 0 Å². The number of aliphatic imine (C=N–C) groups is 1. The van der Waals surface area contributed by atoms with Crippen molar-refractivity contribution in [2.75, 3.05) is 35.5 Å². The lowest BCUT2D eigenvalue weighted by atomic mass is 10.0. The number of guanidine groups is 1. The minimum absolute atomic E-state index is 0.0230. The van der Waals surface area contributed by atoms with E-state index in [1.807, 2.05) is 0 Å². The monoisotopic (exact) mass is 443 g/mol. The Labute approximate surface area is 185 Å². The van der Waals surface area contributed by atoms with Crippen molar-refractivity contribution >= 4 is 17.8 Å². The van der Waals surface area contributed by atoms with Crippen LogP contribution in [0.4, 0.5) is 0 Å². The predicted octanol–water partition coefficient (Wildman–Crippen LogP) is 2.08. The third kappa shape index (κ3) is 4.53. The molecule has 32 heavy (non-hydrogen) atoms. The molecule has 0 spiro atoms. The first kappa shape index (κ1) is 22.7. The zero-order chi connectivity index (χ0) is 23.3. The largest absolute Gasteiger partial charge is 0.493 e. The maximum Gasteiger partial charge on any atom is 0.258 e. The molecule has 0 radical (unpaired) electrons. The van der Waals surface area contributed by atoms with E-state index in [1.54, 1.807) is 18.2 Å². The van der Waals surface area contributed by atoms with Crippen LogP contribution in [0.1, 0.15) is 28.4 Å². The Bertz CT molecular complexity index is 1030. The summed E-state index contributed by atoms with van der Waals surface area (Å²) in [6.07, 6.45) is 0.0904. The number of ether oxygens (including phenoxy) is 5. The molecule has 0 unspecified atom stereocenters. The van der Waals surface area contributed by atoms with Crippen molar-refractivity contribution < 1.29 is 33.3 Å². The number of benzene rings is 2. The van der Waals surface area contributed by atoms with Crippen LogP contribution < -0.4 is 34.3 Å². The van der Waals surface area contributed by atoms with Crippen LogP contribution in [0.5, 0.6) is 28.7 Å². The van der Waals surface area contributed by atoms with E-state index in [4.69, 9.17) is 23.7 Å². The molecule has 2 aromatic carbocycles. The van der Waals surface area contributed by atoms with Crippen LogP contribution in [0.2, 0.25) is 0 Å². The molecule has 10 nitrogen and oxygen atoms in total. The Balaban J connectivity index is 1.91. The van der Waals surface area contributed by atoms with Gasteiger partial charge in [-0.05, 0) is 18.2 Å². The van der Waals surface area contributed by atoms with Gasteiger partial charge in [0.15, 0.2) is 23.0 Å². The number of nitrogens with zero attached hydrogens (tertiary/aromatic N) is 1. The summed E-state index contributed by atoms with van der Waals surface area (Å²) in [4.78, 5) is 29.7. The molecule has 2 amide bonds. The summed E-state index contributed by atoms with van der Waals surface area (Å²) >= 11 is 0. The topological polar surface area (TPSA) is 117 Å². The van der Waals surface area contributed by atoms with Gasteiger partial charge in [-0.3, -0.25) is 20.2 Å². The van der Waals surface area contributed by atoms with Gasteiger partial charge in [0.25, 0.3) is 5.91 Å². The van der Waals surface area contributed by atoms with Gasteiger partial charge in [-0.15, -0.1) is 0 Å². The summed E-state index contributed by atoms with van der Waals surface area (Å²) < 4.78 is 26.6. The highest BCUT2D eigenvalue weighted by atomic mass is 16.5. The molecule has 1 aliphatic heterocycles. The molecule has 1 atom stereocenters. The van der Waals surface area contributed by atoms with Gasteiger partial charge in [0.2, 0.25) is 17.6 Å². The Morgan fingerprint density at radius 2 is 1.56 bits per heavy atom. The van der Waals surface area contributed by atoms with Gasteiger partial charge < -0.3 is 23.7 Å². The van der Waals surface area contributed by atoms with E-state index in [0.717, 1.165) is 0 Å². The molecular formula is C22H25N3O7. The summed E-state index contributed by atoms with van der Waals surface area (Å²) in [7, 11) is 7.43. The Morgan fingerprint density at radius 3 is 2.12 bits per heavy atom. The lowest BCUT2D eigenvalue weighted by Crippen LogP contribution is -2.47. The quantitative estimate of drug-likeness (QED) is 0.673. The Morgan fingerprint density at radius 1 is 0.938 bits per heavy atom. The molecule has 2 N–H and O–H groups in total. The molecule has 0 bridgehead atoms. The number of methoxy groups -OCH3 is 5. The fourth-order valence-electron chi connectivity index (χ4n) is 3.40. The van der Waals surface area contributed by atoms with Gasteiger partial charge in [-0.1, -0.05) is 12.1 Å². The van der Waals surface area contributed by atoms with Crippen molar-refractivity contribution in [1.29, 1.82) is 0 Å². The minimum Gasteiger partial charge on any atom is -0.493 e. The molecule has 170 valence electrons. The molecule has 0 saturated heterocycles. The van der Waals surface area contributed by atoms with Gasteiger partial charge in [0.1, 0.15) is 0 Å². The number of nitrogens with one attached hydrogen (secondary N) is 2. The fraction of sp³-hybridized carbons (Fsp3) is 0.318. The molecule has 1 heterocycles. The van der Waals surface area contributed by atoms with Crippen molar-refractivity contribution in [3.8, 4) is 28.7 Å². The summed E-state index contributed by atoms with van der Waals surface area (Å²) in [5.41, 5.74) is 0.902. The average Bonchev–Trinajstić information content (AvgIpc) is 2.81. The van der Waals surface area contributed by atoms with Crippen LogP contribution in [0.15, 0.2) is 35.3 Å². The molecule has 10 heteroatoms. The molecule has 3 rings (SSSR count). The number of amides is 2. The average molecular weight is 443 g/mol. The highest BCUT2D eigenvalue weighted by molar-refractivity contribution is 6.11. The number of hydrogen-bond donors (Lipinski definition) is 2. The second-order valence-corrected chi connectivity index (χ2v) is 6.70. The van der Waals surface area contributed by atoms with E-state index in [1.165, 1.54) is 47.7 Å². The zero-order valence-electron chi connectivity index (χ0n) is 18.5. The lowest BCUT2D eigenvalue weighted by molar-refractivity contribution is -0.120. The molecule has 1 aliphatic rings. The van der Waals surface area contributed by atoms with Crippen LogP contribution in [-0.4, -0.2) is 53.3 Å². The summed E-state index contributed by atoms with van der Waals surface area (Å²) in [6, 6.07) is 7.78. The van der Waals surface area contributed by atoms with Crippen molar-refractivity contribution in [3.05, 3.63) is 41.5 Å². The number of hydrogen-bond acceptors (Lipinski definition) is 8. The van der Waals surface area contributed by atoms with Crippen LogP contribution in [0, 0.1) is 0 Å². The summed E-state index contributed by atoms with van der Waals surface area (Å²) in [5.74, 6) is 1.23. The van der Waals surface area contributed by atoms with Gasteiger partial charge in [0, 0.05) is 11.1 Å². The first-order valence-electron chi connectivity index (χ1n) is 9.65. The second-order valence-electron chi connectivity index (χ2n) is 6.70. The van der Waals surface area contributed by atoms with E-state index in [-0.39, 0.29) is 23.9 Å². The first-order chi connectivity index (χ1) is 15.4. The highest BCUT2D eigenvalue weighted by Gasteiger charge is 2.27. The molecular weight excluding hydrogens is 418 g/mol. The van der Waals surface area contributed by atoms with Gasteiger partial charge in [0.05, 0.1) is 48.0 Å². The number of carbonyl (C=O) groups excluding carboxylic acids is 2. The number of carbonyl (C=O) groups is 2. The summed E-state index contributed by atoms with van der Waals surface area (Å²) in [5, 5.41) is 5.21. The van der Waals surface area contributed by atoms with Gasteiger partial charge >= 0.3 is 0 Å². The molecule has 0 fully saturated rings. The third-order valence-electron chi connectivity index (χ3n) is 4.87. The SMILES string of the molecule is COc1cc(C(=O)NC2=N[C@@H](c3cccc(OC)c3OC)CC(=O)N2)cc(OC)c1OC. The van der Waals surface area contributed by atoms with E-state index in [0.29, 0.717) is 34.3 Å². The third-order valence-corrected chi connectivity index (χ3v) is 4.87. The molecule has 0 saturated carbocycles. The maximum atomic E-state index is 12.9. The van der Waals surface area contributed by atoms with Gasteiger partial charge in [-0.25, -0.2) is 4.99 Å². The van der Waals surface area contributed by atoms with E-state index in [2.05, 4.69) is 15.6 Å². The Kier molecular flexibility index (Phi) is 7.04. The normalized spacial score (nSPS) is 15.2. The molecule has 2 aromatic rings. The van der Waals surface area contributed by atoms with Crippen molar-refractivity contribution in [2.45, 2.75) is 12.5 Å². The summed E-state index contributed by atoms with van der Waals surface area (Å²) in [6.45, 7) is 0. The van der Waals surface area contributed by atoms with Crippen molar-refractivity contribution in [1.82, 2.24) is 10.6 Å². The van der Waals surface area contributed by atoms with Crippen LogP contribution in [-0.2, 0) is 4.79 Å². The highest BCUT2D eigenvalue weighted by Crippen LogP contribution is 2.39. The van der Waals surface area contributed by atoms with E-state index < -0.39 is 11.9 Å². The zero-order valence-corrected chi connectivity index (χ0v) is 18.5. The Hall–Kier alpha value is -3.95. The second kappa shape index (κ2) is 9.90. The smallest absolute Gasteiger partial charge is 0.258 e. The fourth-order valence-corrected chi connectivity index (χ4v) is 3.40. The van der Waals surface area contributed by atoms with Crippen molar-refractivity contribution in [3.63, 3.8) is 0 Å². The molecule has 0 aliphatic carbocycles. The standard InChI is InChI=1S/C22H25N3O7/c1-28-15-8-6-7-13(19(15)31-4)14-11-18(26)24-22(23-14)25-21(27)12-9-16(29-2)20(32-5)17(10-12)30-3/h6-10,14H,11H2,1-5H3,(H2,23,24,25,26,27)/t14-/m1/s1. The first-order valence-corrected chi connectivity index (χ1v) is 9.65. The van der Waals surface area contributed by atoms with Crippen molar-refractivity contribution in [2.24, 2.45) is 4.99 Å². The van der Waals surface area contributed by atoms with Crippen LogP contribution >= 0.6 is 0 Å². The number of para-hydroxylation sites is 1.